The smallest absolute Gasteiger partial charge is 0.240 e. The quantitative estimate of drug-likeness (QED) is 0.908. The highest BCUT2D eigenvalue weighted by Gasteiger charge is 2.25. The van der Waals surface area contributed by atoms with Gasteiger partial charge in [0.25, 0.3) is 0 Å². The van der Waals surface area contributed by atoms with Crippen molar-refractivity contribution in [3.8, 4) is 0 Å². The van der Waals surface area contributed by atoms with Gasteiger partial charge in [-0.15, -0.1) is 0 Å². The SMILES string of the molecule is CCc1ccc(S(=O)(=O)NC2CCN(C(C)C)CC2)cc1. The number of sulfonamides is 1. The van der Waals surface area contributed by atoms with E-state index in [0.29, 0.717) is 10.9 Å². The molecule has 0 spiro atoms. The van der Waals surface area contributed by atoms with E-state index in [2.05, 4.69) is 30.4 Å². The van der Waals surface area contributed by atoms with E-state index in [1.54, 1.807) is 12.1 Å². The average molecular weight is 310 g/mol. The van der Waals surface area contributed by atoms with Crippen LogP contribution in [0, 0.1) is 0 Å². The Labute approximate surface area is 128 Å². The third-order valence-corrected chi connectivity index (χ3v) is 5.76. The predicted octanol–water partition coefficient (Wildman–Crippen LogP) is 2.40. The Morgan fingerprint density at radius 3 is 2.24 bits per heavy atom. The molecule has 0 atom stereocenters. The fourth-order valence-corrected chi connectivity index (χ4v) is 4.03. The maximum Gasteiger partial charge on any atom is 0.240 e. The number of piperidine rings is 1. The minimum Gasteiger partial charge on any atom is -0.301 e. The van der Waals surface area contributed by atoms with Crippen molar-refractivity contribution >= 4 is 10.0 Å². The molecular weight excluding hydrogens is 284 g/mol. The first kappa shape index (κ1) is 16.5. The first-order chi connectivity index (χ1) is 9.92. The van der Waals surface area contributed by atoms with Crippen LogP contribution in [0.25, 0.3) is 0 Å². The van der Waals surface area contributed by atoms with Crippen LogP contribution in [0.2, 0.25) is 0 Å². The number of hydrogen-bond acceptors (Lipinski definition) is 3. The molecule has 0 amide bonds. The monoisotopic (exact) mass is 310 g/mol. The fraction of sp³-hybridized carbons (Fsp3) is 0.625. The van der Waals surface area contributed by atoms with Crippen LogP contribution in [-0.2, 0) is 16.4 Å². The molecule has 0 saturated carbocycles. The molecule has 118 valence electrons. The lowest BCUT2D eigenvalue weighted by atomic mass is 10.1. The third-order valence-electron chi connectivity index (χ3n) is 4.22. The van der Waals surface area contributed by atoms with Gasteiger partial charge in [-0.25, -0.2) is 13.1 Å². The van der Waals surface area contributed by atoms with Gasteiger partial charge in [-0.05, 0) is 63.9 Å². The maximum absolute atomic E-state index is 12.4. The molecule has 1 N–H and O–H groups in total. The van der Waals surface area contributed by atoms with Gasteiger partial charge in [0.15, 0.2) is 0 Å². The van der Waals surface area contributed by atoms with Crippen LogP contribution in [0.5, 0.6) is 0 Å². The molecule has 2 rings (SSSR count). The first-order valence-corrected chi connectivity index (χ1v) is 9.26. The van der Waals surface area contributed by atoms with Gasteiger partial charge in [0.05, 0.1) is 4.90 Å². The molecule has 1 heterocycles. The van der Waals surface area contributed by atoms with Gasteiger partial charge < -0.3 is 4.90 Å². The van der Waals surface area contributed by atoms with E-state index in [9.17, 15) is 8.42 Å². The lowest BCUT2D eigenvalue weighted by molar-refractivity contribution is 0.168. The lowest BCUT2D eigenvalue weighted by Gasteiger charge is -2.34. The average Bonchev–Trinajstić information content (AvgIpc) is 2.47. The van der Waals surface area contributed by atoms with Crippen molar-refractivity contribution in [1.29, 1.82) is 0 Å². The van der Waals surface area contributed by atoms with E-state index in [4.69, 9.17) is 0 Å². The molecule has 1 aromatic carbocycles. The van der Waals surface area contributed by atoms with Crippen molar-refractivity contribution in [3.05, 3.63) is 29.8 Å². The summed E-state index contributed by atoms with van der Waals surface area (Å²) in [5, 5.41) is 0. The van der Waals surface area contributed by atoms with Crippen LogP contribution < -0.4 is 4.72 Å². The third kappa shape index (κ3) is 4.28. The highest BCUT2D eigenvalue weighted by molar-refractivity contribution is 7.89. The summed E-state index contributed by atoms with van der Waals surface area (Å²) in [4.78, 5) is 2.76. The van der Waals surface area contributed by atoms with Crippen LogP contribution in [0.3, 0.4) is 0 Å². The van der Waals surface area contributed by atoms with Gasteiger partial charge >= 0.3 is 0 Å². The minimum atomic E-state index is -3.39. The Bertz CT molecular complexity index is 544. The van der Waals surface area contributed by atoms with E-state index in [1.807, 2.05) is 12.1 Å². The van der Waals surface area contributed by atoms with Crippen molar-refractivity contribution in [3.63, 3.8) is 0 Å². The van der Waals surface area contributed by atoms with Gasteiger partial charge in [-0.3, -0.25) is 0 Å². The van der Waals surface area contributed by atoms with Crippen molar-refractivity contribution in [2.75, 3.05) is 13.1 Å². The summed E-state index contributed by atoms with van der Waals surface area (Å²) < 4.78 is 27.6. The van der Waals surface area contributed by atoms with Crippen molar-refractivity contribution < 1.29 is 8.42 Å². The van der Waals surface area contributed by atoms with Crippen molar-refractivity contribution in [1.82, 2.24) is 9.62 Å². The Balaban J connectivity index is 1.98. The van der Waals surface area contributed by atoms with Crippen LogP contribution in [0.4, 0.5) is 0 Å². The number of benzene rings is 1. The molecule has 1 aliphatic heterocycles. The molecule has 0 unspecified atom stereocenters. The zero-order chi connectivity index (χ0) is 15.5. The zero-order valence-corrected chi connectivity index (χ0v) is 14.0. The van der Waals surface area contributed by atoms with Gasteiger partial charge in [0, 0.05) is 12.1 Å². The highest BCUT2D eigenvalue weighted by atomic mass is 32.2. The number of nitrogens with one attached hydrogen (secondary N) is 1. The summed E-state index contributed by atoms with van der Waals surface area (Å²) >= 11 is 0. The van der Waals surface area contributed by atoms with E-state index < -0.39 is 10.0 Å². The molecule has 5 heteroatoms. The maximum atomic E-state index is 12.4. The number of nitrogens with zero attached hydrogens (tertiary/aromatic N) is 1. The van der Waals surface area contributed by atoms with Crippen LogP contribution >= 0.6 is 0 Å². The second-order valence-electron chi connectivity index (χ2n) is 6.02. The topological polar surface area (TPSA) is 49.4 Å². The van der Waals surface area contributed by atoms with Crippen LogP contribution in [-0.4, -0.2) is 38.5 Å². The largest absolute Gasteiger partial charge is 0.301 e. The van der Waals surface area contributed by atoms with Crippen molar-refractivity contribution in [2.24, 2.45) is 0 Å². The molecule has 1 aliphatic rings. The normalized spacial score (nSPS) is 18.3. The summed E-state index contributed by atoms with van der Waals surface area (Å²) in [5.41, 5.74) is 1.15. The van der Waals surface area contributed by atoms with E-state index in [-0.39, 0.29) is 6.04 Å². The molecule has 1 saturated heterocycles. The summed E-state index contributed by atoms with van der Waals surface area (Å²) in [5.74, 6) is 0. The Morgan fingerprint density at radius 2 is 1.76 bits per heavy atom. The number of aryl methyl sites for hydroxylation is 1. The lowest BCUT2D eigenvalue weighted by Crippen LogP contribution is -2.46. The van der Waals surface area contributed by atoms with Gasteiger partial charge in [-0.2, -0.15) is 0 Å². The predicted molar refractivity (Wildman–Crippen MR) is 85.9 cm³/mol. The van der Waals surface area contributed by atoms with Crippen LogP contribution in [0.1, 0.15) is 39.2 Å². The standard InChI is InChI=1S/C16H26N2O2S/c1-4-14-5-7-16(8-6-14)21(19,20)17-15-9-11-18(12-10-15)13(2)3/h5-8,13,15,17H,4,9-12H2,1-3H3. The Hall–Kier alpha value is -0.910. The second kappa shape index (κ2) is 6.90. The van der Waals surface area contributed by atoms with Gasteiger partial charge in [0.1, 0.15) is 0 Å². The van der Waals surface area contributed by atoms with Gasteiger partial charge in [0.2, 0.25) is 10.0 Å². The summed E-state index contributed by atoms with van der Waals surface area (Å²) in [6.45, 7) is 8.34. The molecular formula is C16H26N2O2S. The second-order valence-corrected chi connectivity index (χ2v) is 7.74. The van der Waals surface area contributed by atoms with E-state index in [0.717, 1.165) is 37.9 Å². The highest BCUT2D eigenvalue weighted by Crippen LogP contribution is 2.17. The zero-order valence-electron chi connectivity index (χ0n) is 13.2. The molecule has 0 radical (unpaired) electrons. The fourth-order valence-electron chi connectivity index (χ4n) is 2.73. The molecule has 4 nitrogen and oxygen atoms in total. The summed E-state index contributed by atoms with van der Waals surface area (Å²) in [6, 6.07) is 7.75. The summed E-state index contributed by atoms with van der Waals surface area (Å²) in [6.07, 6.45) is 2.68. The number of hydrogen-bond donors (Lipinski definition) is 1. The number of rotatable bonds is 5. The molecule has 0 bridgehead atoms. The molecule has 0 aromatic heterocycles. The molecule has 21 heavy (non-hydrogen) atoms. The first-order valence-electron chi connectivity index (χ1n) is 7.77. The van der Waals surface area contributed by atoms with Crippen molar-refractivity contribution in [2.45, 2.75) is 57.0 Å². The Morgan fingerprint density at radius 1 is 1.19 bits per heavy atom. The molecule has 1 aromatic rings. The van der Waals surface area contributed by atoms with E-state index in [1.165, 1.54) is 0 Å². The molecule has 0 aliphatic carbocycles. The summed E-state index contributed by atoms with van der Waals surface area (Å²) in [7, 11) is -3.39. The van der Waals surface area contributed by atoms with Crippen LogP contribution in [0.15, 0.2) is 29.2 Å². The Kier molecular flexibility index (Phi) is 5.41. The van der Waals surface area contributed by atoms with E-state index >= 15 is 0 Å². The minimum absolute atomic E-state index is 0.0517. The van der Waals surface area contributed by atoms with Gasteiger partial charge in [-0.1, -0.05) is 19.1 Å². The number of likely N-dealkylation sites (tertiary alicyclic amines) is 1. The molecule has 1 fully saturated rings.